The van der Waals surface area contributed by atoms with E-state index in [4.69, 9.17) is 25.9 Å². The van der Waals surface area contributed by atoms with Gasteiger partial charge in [0.2, 0.25) is 0 Å². The van der Waals surface area contributed by atoms with Gasteiger partial charge in [0.25, 0.3) is 0 Å². The molecule has 3 aromatic rings. The zero-order valence-corrected chi connectivity index (χ0v) is 19.7. The Morgan fingerprint density at radius 2 is 2.15 bits per heavy atom. The molecular weight excluding hydrogens is 414 g/mol. The Bertz CT molecular complexity index is 1270. The van der Waals surface area contributed by atoms with Gasteiger partial charge in [-0.25, -0.2) is 4.98 Å². The van der Waals surface area contributed by atoms with Crippen LogP contribution >= 0.6 is 0 Å². The molecule has 1 aromatic carbocycles. The van der Waals surface area contributed by atoms with Crippen LogP contribution in [0.4, 0.5) is 5.82 Å². The van der Waals surface area contributed by atoms with Gasteiger partial charge in [-0.2, -0.15) is 0 Å². The lowest BCUT2D eigenvalue weighted by Gasteiger charge is -2.23. The third-order valence-corrected chi connectivity index (χ3v) is 6.31. The molecule has 0 bridgehead atoms. The van der Waals surface area contributed by atoms with Crippen LogP contribution in [-0.4, -0.2) is 35.7 Å². The van der Waals surface area contributed by atoms with E-state index in [0.29, 0.717) is 30.6 Å². The number of pyridine rings is 1. The molecule has 7 heteroatoms. The van der Waals surface area contributed by atoms with Crippen molar-refractivity contribution in [3.63, 3.8) is 0 Å². The fourth-order valence-electron chi connectivity index (χ4n) is 4.64. The first kappa shape index (κ1) is 22.7. The maximum Gasteiger partial charge on any atom is 0.132 e. The number of hydrogen-bond acceptors (Lipinski definition) is 5. The quantitative estimate of drug-likeness (QED) is 0.342. The highest BCUT2D eigenvalue weighted by Crippen LogP contribution is 2.33. The molecule has 0 saturated heterocycles. The number of rotatable bonds is 6. The number of nitrogen functional groups attached to an aromatic ring is 1. The highest BCUT2D eigenvalue weighted by molar-refractivity contribution is 6.10. The van der Waals surface area contributed by atoms with E-state index in [9.17, 15) is 0 Å². The molecule has 2 aromatic heterocycles. The molecular formula is C26H31N5O2. The summed E-state index contributed by atoms with van der Waals surface area (Å²) < 4.78 is 13.4. The summed E-state index contributed by atoms with van der Waals surface area (Å²) in [6.07, 6.45) is 0.901. The zero-order valence-electron chi connectivity index (χ0n) is 19.7. The number of nitrogens with two attached hydrogens (primary N) is 2. The third kappa shape index (κ3) is 4.39. The van der Waals surface area contributed by atoms with E-state index in [1.54, 1.807) is 7.11 Å². The zero-order chi connectivity index (χ0) is 23.5. The minimum absolute atomic E-state index is 0.169. The van der Waals surface area contributed by atoms with E-state index in [1.165, 1.54) is 0 Å². The second-order valence-electron chi connectivity index (χ2n) is 8.39. The molecule has 1 unspecified atom stereocenters. The van der Waals surface area contributed by atoms with Gasteiger partial charge in [0.05, 0.1) is 19.2 Å². The van der Waals surface area contributed by atoms with Gasteiger partial charge in [0.15, 0.2) is 0 Å². The fourth-order valence-corrected chi connectivity index (χ4v) is 4.64. The van der Waals surface area contributed by atoms with E-state index in [1.807, 2.05) is 25.1 Å². The summed E-state index contributed by atoms with van der Waals surface area (Å²) in [5, 5.41) is 1.07. The number of methoxy groups -OCH3 is 1. The Morgan fingerprint density at radius 3 is 2.94 bits per heavy atom. The summed E-state index contributed by atoms with van der Waals surface area (Å²) in [5.41, 5.74) is 17.4. The molecule has 0 fully saturated rings. The second-order valence-corrected chi connectivity index (χ2v) is 8.39. The van der Waals surface area contributed by atoms with Crippen molar-refractivity contribution >= 4 is 22.6 Å². The standard InChI is InChI=1S/C26H31N5O2/c1-16-14-23(32-4)21(25(27)30-16)15-29-26(28)24-18(3)31(22-10-6-5-9-20(22)24)17(2)19-8-7-12-33-13-11-19/h5-6,9-10,14,17,19H,11-13,15H2,1-4H3,(H2,27,30)(H2,28,29)/t17-,19?/m1/s1. The molecule has 0 amide bonds. The highest BCUT2D eigenvalue weighted by atomic mass is 16.5. The summed E-state index contributed by atoms with van der Waals surface area (Å²) >= 11 is 0. The van der Waals surface area contributed by atoms with E-state index < -0.39 is 0 Å². The van der Waals surface area contributed by atoms with Crippen molar-refractivity contribution in [2.24, 2.45) is 16.6 Å². The number of anilines is 1. The van der Waals surface area contributed by atoms with Crippen LogP contribution in [-0.2, 0) is 11.3 Å². The third-order valence-electron chi connectivity index (χ3n) is 6.31. The number of benzene rings is 1. The number of hydrogen-bond donors (Lipinski definition) is 2. The van der Waals surface area contributed by atoms with Crippen LogP contribution in [0.15, 0.2) is 35.3 Å². The maximum absolute atomic E-state index is 6.58. The van der Waals surface area contributed by atoms with E-state index in [0.717, 1.165) is 39.8 Å². The molecule has 4 rings (SSSR count). The van der Waals surface area contributed by atoms with Crippen LogP contribution in [0.2, 0.25) is 0 Å². The van der Waals surface area contributed by atoms with Crippen LogP contribution in [0.5, 0.6) is 5.75 Å². The summed E-state index contributed by atoms with van der Waals surface area (Å²) in [4.78, 5) is 9.06. The van der Waals surface area contributed by atoms with Crippen molar-refractivity contribution in [1.29, 1.82) is 0 Å². The first-order chi connectivity index (χ1) is 15.9. The maximum atomic E-state index is 6.58. The van der Waals surface area contributed by atoms with Gasteiger partial charge < -0.3 is 25.5 Å². The van der Waals surface area contributed by atoms with Crippen molar-refractivity contribution in [3.8, 4) is 17.6 Å². The van der Waals surface area contributed by atoms with Crippen molar-refractivity contribution in [3.05, 3.63) is 52.8 Å². The minimum atomic E-state index is 0.169. The fraction of sp³-hybridized carbons (Fsp3) is 0.385. The van der Waals surface area contributed by atoms with Crippen LogP contribution in [0, 0.1) is 31.6 Å². The van der Waals surface area contributed by atoms with Gasteiger partial charge in [-0.15, -0.1) is 0 Å². The summed E-state index contributed by atoms with van der Waals surface area (Å²) in [6, 6.07) is 10.3. The molecule has 2 atom stereocenters. The molecule has 0 saturated carbocycles. The minimum Gasteiger partial charge on any atom is -0.496 e. The van der Waals surface area contributed by atoms with Gasteiger partial charge in [0, 0.05) is 52.5 Å². The van der Waals surface area contributed by atoms with Crippen molar-refractivity contribution in [2.75, 3.05) is 26.1 Å². The van der Waals surface area contributed by atoms with Crippen LogP contribution in [0.1, 0.15) is 41.9 Å². The lowest BCUT2D eigenvalue weighted by molar-refractivity contribution is 0.155. The Hall–Kier alpha value is -3.50. The number of nitrogens with zero attached hydrogens (tertiary/aromatic N) is 3. The first-order valence-corrected chi connectivity index (χ1v) is 11.2. The Labute approximate surface area is 194 Å². The molecule has 3 heterocycles. The molecule has 0 radical (unpaired) electrons. The molecule has 1 aliphatic rings. The number of ether oxygens (including phenoxy) is 2. The second kappa shape index (κ2) is 9.55. The first-order valence-electron chi connectivity index (χ1n) is 11.2. The van der Waals surface area contributed by atoms with Crippen molar-refractivity contribution in [2.45, 2.75) is 39.8 Å². The predicted molar refractivity (Wildman–Crippen MR) is 132 cm³/mol. The summed E-state index contributed by atoms with van der Waals surface area (Å²) in [7, 11) is 1.62. The van der Waals surface area contributed by atoms with Gasteiger partial charge >= 0.3 is 0 Å². The van der Waals surface area contributed by atoms with Crippen LogP contribution in [0.25, 0.3) is 10.9 Å². The molecule has 33 heavy (non-hydrogen) atoms. The number of amidine groups is 1. The SMILES string of the molecule is COc1cc(C)nc(N)c1CN=C(N)c1c(C)n([C@H](C)C2C#CCOCC2)c2ccccc12. The predicted octanol–water partition coefficient (Wildman–Crippen LogP) is 3.75. The molecule has 0 aliphatic carbocycles. The number of aromatic nitrogens is 2. The number of para-hydroxylation sites is 1. The average Bonchev–Trinajstić information content (AvgIpc) is 2.94. The summed E-state index contributed by atoms with van der Waals surface area (Å²) in [5.74, 6) is 8.27. The highest BCUT2D eigenvalue weighted by Gasteiger charge is 2.25. The molecule has 0 spiro atoms. The molecule has 7 nitrogen and oxygen atoms in total. The Balaban J connectivity index is 1.76. The van der Waals surface area contributed by atoms with E-state index in [2.05, 4.69) is 47.4 Å². The Kier molecular flexibility index (Phi) is 6.57. The van der Waals surface area contributed by atoms with E-state index in [-0.39, 0.29) is 18.5 Å². The van der Waals surface area contributed by atoms with E-state index >= 15 is 0 Å². The van der Waals surface area contributed by atoms with Gasteiger partial charge in [-0.1, -0.05) is 30.0 Å². The molecule has 172 valence electrons. The average molecular weight is 446 g/mol. The van der Waals surface area contributed by atoms with Crippen LogP contribution in [0.3, 0.4) is 0 Å². The molecule has 4 N–H and O–H groups in total. The lowest BCUT2D eigenvalue weighted by Crippen LogP contribution is -2.19. The van der Waals surface area contributed by atoms with Crippen molar-refractivity contribution < 1.29 is 9.47 Å². The van der Waals surface area contributed by atoms with Gasteiger partial charge in [0.1, 0.15) is 24.0 Å². The monoisotopic (exact) mass is 445 g/mol. The smallest absolute Gasteiger partial charge is 0.132 e. The topological polar surface area (TPSA) is 101 Å². The Morgan fingerprint density at radius 1 is 1.36 bits per heavy atom. The van der Waals surface area contributed by atoms with Gasteiger partial charge in [-0.3, -0.25) is 4.99 Å². The largest absolute Gasteiger partial charge is 0.496 e. The number of aliphatic imine (C=N–C) groups is 1. The molecule has 1 aliphatic heterocycles. The van der Waals surface area contributed by atoms with Crippen LogP contribution < -0.4 is 16.2 Å². The van der Waals surface area contributed by atoms with Crippen molar-refractivity contribution in [1.82, 2.24) is 9.55 Å². The lowest BCUT2D eigenvalue weighted by atomic mass is 9.98. The summed E-state index contributed by atoms with van der Waals surface area (Å²) in [6.45, 7) is 7.68. The number of aryl methyl sites for hydroxylation is 1. The number of fused-ring (bicyclic) bond motifs is 1. The van der Waals surface area contributed by atoms with Gasteiger partial charge in [-0.05, 0) is 33.3 Å². The normalized spacial score (nSPS) is 17.3.